The molecule has 1 amide bonds. The van der Waals surface area contributed by atoms with Gasteiger partial charge in [-0.05, 0) is 37.8 Å². The van der Waals surface area contributed by atoms with Crippen LogP contribution in [0.2, 0.25) is 0 Å². The van der Waals surface area contributed by atoms with Crippen LogP contribution in [-0.2, 0) is 4.79 Å². The summed E-state index contributed by atoms with van der Waals surface area (Å²) in [5.74, 6) is 3.07. The Morgan fingerprint density at radius 2 is 1.96 bits per heavy atom. The van der Waals surface area contributed by atoms with Crippen LogP contribution in [0.4, 0.5) is 5.82 Å². The van der Waals surface area contributed by atoms with Crippen LogP contribution in [0.15, 0.2) is 12.1 Å². The van der Waals surface area contributed by atoms with E-state index in [1.54, 1.807) is 0 Å². The summed E-state index contributed by atoms with van der Waals surface area (Å²) in [4.78, 5) is 16.3. The molecule has 7 heteroatoms. The zero-order chi connectivity index (χ0) is 15.6. The van der Waals surface area contributed by atoms with Crippen LogP contribution in [0.3, 0.4) is 0 Å². The van der Waals surface area contributed by atoms with Crippen molar-refractivity contribution >= 4 is 17.4 Å². The van der Waals surface area contributed by atoms with E-state index in [-0.39, 0.29) is 0 Å². The van der Waals surface area contributed by atoms with E-state index in [4.69, 9.17) is 5.10 Å². The third-order valence-corrected chi connectivity index (χ3v) is 5.22. The van der Waals surface area contributed by atoms with E-state index in [9.17, 15) is 4.79 Å². The highest BCUT2D eigenvalue weighted by atomic mass is 16.2. The number of aromatic nitrogens is 4. The van der Waals surface area contributed by atoms with Gasteiger partial charge >= 0.3 is 0 Å². The highest BCUT2D eigenvalue weighted by Crippen LogP contribution is 2.39. The fraction of sp³-hybridized carbons (Fsp3) is 0.625. The topological polar surface area (TPSA) is 66.6 Å². The lowest BCUT2D eigenvalue weighted by Crippen LogP contribution is -2.60. The number of rotatable bonds is 4. The Bertz CT molecular complexity index is 772. The monoisotopic (exact) mass is 312 g/mol. The first-order valence-electron chi connectivity index (χ1n) is 8.44. The van der Waals surface area contributed by atoms with Gasteiger partial charge in [0.15, 0.2) is 11.5 Å². The van der Waals surface area contributed by atoms with Crippen LogP contribution < -0.4 is 4.90 Å². The van der Waals surface area contributed by atoms with E-state index in [1.165, 1.54) is 12.8 Å². The largest absolute Gasteiger partial charge is 0.351 e. The van der Waals surface area contributed by atoms with Gasteiger partial charge in [-0.25, -0.2) is 0 Å². The first-order valence-corrected chi connectivity index (χ1v) is 8.44. The minimum atomic E-state index is 0.293. The van der Waals surface area contributed by atoms with E-state index in [0.717, 1.165) is 43.2 Å². The Labute approximate surface area is 134 Å². The summed E-state index contributed by atoms with van der Waals surface area (Å²) in [5, 5.41) is 13.2. The van der Waals surface area contributed by atoms with Crippen molar-refractivity contribution in [3.05, 3.63) is 18.0 Å². The Morgan fingerprint density at radius 1 is 1.17 bits per heavy atom. The highest BCUT2D eigenvalue weighted by Gasteiger charge is 2.39. The quantitative estimate of drug-likeness (QED) is 0.844. The van der Waals surface area contributed by atoms with Crippen molar-refractivity contribution in [1.82, 2.24) is 24.7 Å². The molecule has 2 aromatic rings. The van der Waals surface area contributed by atoms with Crippen LogP contribution in [0, 0.1) is 5.92 Å². The summed E-state index contributed by atoms with van der Waals surface area (Å²) in [6.45, 7) is 1.71. The van der Waals surface area contributed by atoms with E-state index in [0.29, 0.717) is 23.8 Å². The second-order valence-corrected chi connectivity index (χ2v) is 7.08. The third kappa shape index (κ3) is 2.17. The van der Waals surface area contributed by atoms with Gasteiger partial charge in [0, 0.05) is 32.0 Å². The number of carbonyl (C=O) groups excluding carboxylic acids is 1. The second-order valence-electron chi connectivity index (χ2n) is 7.08. The molecular formula is C16H20N6O. The summed E-state index contributed by atoms with van der Waals surface area (Å²) in [5.41, 5.74) is 0.814. The molecular weight excluding hydrogens is 292 g/mol. The Hall–Kier alpha value is -2.18. The molecule has 3 fully saturated rings. The number of anilines is 1. The first-order chi connectivity index (χ1) is 11.2. The average molecular weight is 312 g/mol. The Morgan fingerprint density at radius 3 is 2.65 bits per heavy atom. The van der Waals surface area contributed by atoms with Crippen molar-refractivity contribution < 1.29 is 4.79 Å². The Kier molecular flexibility index (Phi) is 2.69. The molecule has 1 aliphatic heterocycles. The smallest absolute Gasteiger partial charge is 0.225 e. The number of likely N-dealkylation sites (N-methyl/N-ethyl adjacent to an activating group) is 1. The summed E-state index contributed by atoms with van der Waals surface area (Å²) in [6.07, 6.45) is 4.50. The number of carbonyl (C=O) groups is 1. The van der Waals surface area contributed by atoms with Crippen molar-refractivity contribution in [1.29, 1.82) is 0 Å². The number of amides is 1. The fourth-order valence-electron chi connectivity index (χ4n) is 3.25. The lowest BCUT2D eigenvalue weighted by molar-refractivity contribution is -0.133. The molecule has 0 N–H and O–H groups in total. The molecule has 7 nitrogen and oxygen atoms in total. The lowest BCUT2D eigenvalue weighted by atomic mass is 10.1. The molecule has 0 radical (unpaired) electrons. The zero-order valence-corrected chi connectivity index (χ0v) is 13.2. The molecule has 0 bridgehead atoms. The van der Waals surface area contributed by atoms with Crippen LogP contribution in [0.25, 0.3) is 5.65 Å². The summed E-state index contributed by atoms with van der Waals surface area (Å²) >= 11 is 0. The molecule has 2 saturated carbocycles. The normalized spacial score (nSPS) is 21.5. The van der Waals surface area contributed by atoms with Crippen molar-refractivity contribution in [2.24, 2.45) is 5.92 Å². The molecule has 1 saturated heterocycles. The van der Waals surface area contributed by atoms with Gasteiger partial charge in [-0.15, -0.1) is 15.3 Å². The molecule has 0 aromatic carbocycles. The predicted molar refractivity (Wildman–Crippen MR) is 84.3 cm³/mol. The van der Waals surface area contributed by atoms with Gasteiger partial charge in [0.25, 0.3) is 0 Å². The zero-order valence-electron chi connectivity index (χ0n) is 13.2. The molecule has 120 valence electrons. The standard InChI is InChI=1S/C16H20N6O/c1-20(16(23)11-4-5-11)12-8-21(9-12)14-7-6-13-17-18-15(10-2-3-10)22(13)19-14/h6-7,10-12H,2-5,8-9H2,1H3. The third-order valence-electron chi connectivity index (χ3n) is 5.22. The maximum absolute atomic E-state index is 12.1. The van der Waals surface area contributed by atoms with Crippen molar-refractivity contribution in [3.8, 4) is 0 Å². The molecule has 2 aliphatic carbocycles. The molecule has 2 aromatic heterocycles. The van der Waals surface area contributed by atoms with E-state index < -0.39 is 0 Å². The van der Waals surface area contributed by atoms with Crippen LogP contribution >= 0.6 is 0 Å². The highest BCUT2D eigenvalue weighted by molar-refractivity contribution is 5.81. The maximum atomic E-state index is 12.1. The molecule has 23 heavy (non-hydrogen) atoms. The maximum Gasteiger partial charge on any atom is 0.225 e. The number of hydrogen-bond donors (Lipinski definition) is 0. The number of nitrogens with zero attached hydrogens (tertiary/aromatic N) is 6. The SMILES string of the molecule is CN(C(=O)C1CC1)C1CN(c2ccc3nnc(C4CC4)n3n2)C1. The van der Waals surface area contributed by atoms with Crippen LogP contribution in [0.5, 0.6) is 0 Å². The second kappa shape index (κ2) is 4.66. The minimum Gasteiger partial charge on any atom is -0.351 e. The van der Waals surface area contributed by atoms with Crippen molar-refractivity contribution in [2.45, 2.75) is 37.6 Å². The Balaban J connectivity index is 1.32. The number of hydrogen-bond acceptors (Lipinski definition) is 5. The van der Waals surface area contributed by atoms with Gasteiger partial charge in [0.1, 0.15) is 5.82 Å². The van der Waals surface area contributed by atoms with E-state index in [1.807, 2.05) is 28.6 Å². The van der Waals surface area contributed by atoms with E-state index >= 15 is 0 Å². The van der Waals surface area contributed by atoms with Gasteiger partial charge in [-0.3, -0.25) is 4.79 Å². The minimum absolute atomic E-state index is 0.293. The van der Waals surface area contributed by atoms with Crippen molar-refractivity contribution in [2.75, 3.05) is 25.0 Å². The first kappa shape index (κ1) is 13.3. The van der Waals surface area contributed by atoms with Crippen molar-refractivity contribution in [3.63, 3.8) is 0 Å². The summed E-state index contributed by atoms with van der Waals surface area (Å²) in [6, 6.07) is 4.29. The molecule has 0 unspecified atom stereocenters. The van der Waals surface area contributed by atoms with E-state index in [2.05, 4.69) is 15.1 Å². The van der Waals surface area contributed by atoms with Gasteiger partial charge in [0.05, 0.1) is 6.04 Å². The van der Waals surface area contributed by atoms with Gasteiger partial charge in [-0.2, -0.15) is 4.52 Å². The van der Waals surface area contributed by atoms with Gasteiger partial charge < -0.3 is 9.80 Å². The molecule has 5 rings (SSSR count). The average Bonchev–Trinajstić information content (AvgIpc) is 3.42. The fourth-order valence-corrected chi connectivity index (χ4v) is 3.25. The van der Waals surface area contributed by atoms with Gasteiger partial charge in [0.2, 0.25) is 5.91 Å². The lowest BCUT2D eigenvalue weighted by Gasteiger charge is -2.44. The van der Waals surface area contributed by atoms with Gasteiger partial charge in [-0.1, -0.05) is 0 Å². The predicted octanol–water partition coefficient (Wildman–Crippen LogP) is 1.06. The molecule has 3 aliphatic rings. The molecule has 0 atom stereocenters. The van der Waals surface area contributed by atoms with Crippen LogP contribution in [-0.4, -0.2) is 56.8 Å². The summed E-state index contributed by atoms with van der Waals surface area (Å²) < 4.78 is 1.89. The summed E-state index contributed by atoms with van der Waals surface area (Å²) in [7, 11) is 1.93. The number of fused-ring (bicyclic) bond motifs is 1. The molecule has 0 spiro atoms. The molecule has 3 heterocycles. The van der Waals surface area contributed by atoms with Crippen LogP contribution in [0.1, 0.15) is 37.4 Å².